The van der Waals surface area contributed by atoms with Crippen molar-refractivity contribution < 1.29 is 0 Å². The number of benzene rings is 3. The Morgan fingerprint density at radius 3 is 2.39 bits per heavy atom. The van der Waals surface area contributed by atoms with Crippen molar-refractivity contribution in [3.05, 3.63) is 106 Å². The standard InChI is InChI=1S/C29H30N2/c1-18(2)31-26-15-9-11-20(4)27(26)21(5)29(31)28(22-12-8-10-19(3)16-22)24-17-30-25-14-7-6-13-23(24)25/h6-18,28,30H,1-5H3/t28-/m1/s1. The minimum atomic E-state index is 0.158. The zero-order valence-electron chi connectivity index (χ0n) is 19.0. The summed E-state index contributed by atoms with van der Waals surface area (Å²) < 4.78 is 2.56. The Labute approximate surface area is 184 Å². The first-order chi connectivity index (χ1) is 15.0. The van der Waals surface area contributed by atoms with Crippen LogP contribution in [-0.4, -0.2) is 9.55 Å². The first-order valence-corrected chi connectivity index (χ1v) is 11.2. The highest BCUT2D eigenvalue weighted by atomic mass is 15.0. The third kappa shape index (κ3) is 3.09. The van der Waals surface area contributed by atoms with Crippen molar-refractivity contribution in [1.29, 1.82) is 0 Å². The molecule has 0 radical (unpaired) electrons. The second-order valence-electron chi connectivity index (χ2n) is 9.08. The van der Waals surface area contributed by atoms with Gasteiger partial charge in [-0.2, -0.15) is 0 Å². The molecule has 0 saturated carbocycles. The van der Waals surface area contributed by atoms with Crippen LogP contribution in [0.25, 0.3) is 21.8 Å². The Kier molecular flexibility index (Phi) is 4.74. The zero-order chi connectivity index (χ0) is 21.7. The quantitative estimate of drug-likeness (QED) is 0.314. The number of rotatable bonds is 4. The van der Waals surface area contributed by atoms with Crippen LogP contribution in [0, 0.1) is 20.8 Å². The van der Waals surface area contributed by atoms with Gasteiger partial charge in [0.25, 0.3) is 0 Å². The molecule has 5 rings (SSSR count). The van der Waals surface area contributed by atoms with E-state index in [-0.39, 0.29) is 5.92 Å². The molecule has 156 valence electrons. The number of hydrogen-bond donors (Lipinski definition) is 1. The van der Waals surface area contributed by atoms with Crippen LogP contribution in [0.5, 0.6) is 0 Å². The van der Waals surface area contributed by atoms with Gasteiger partial charge in [0, 0.05) is 39.7 Å². The van der Waals surface area contributed by atoms with Crippen LogP contribution in [0.1, 0.15) is 59.3 Å². The molecule has 0 aliphatic heterocycles. The van der Waals surface area contributed by atoms with Gasteiger partial charge in [0.15, 0.2) is 0 Å². The fraction of sp³-hybridized carbons (Fsp3) is 0.241. The number of nitrogens with one attached hydrogen (secondary N) is 1. The van der Waals surface area contributed by atoms with E-state index in [0.29, 0.717) is 6.04 Å². The van der Waals surface area contributed by atoms with Gasteiger partial charge in [-0.1, -0.05) is 60.2 Å². The third-order valence-electron chi connectivity index (χ3n) is 6.63. The number of fused-ring (bicyclic) bond motifs is 2. The molecular formula is C29H30N2. The van der Waals surface area contributed by atoms with Crippen molar-refractivity contribution in [2.45, 2.75) is 46.6 Å². The van der Waals surface area contributed by atoms with Crippen molar-refractivity contribution >= 4 is 21.8 Å². The maximum absolute atomic E-state index is 3.53. The van der Waals surface area contributed by atoms with Crippen LogP contribution < -0.4 is 0 Å². The Morgan fingerprint density at radius 1 is 0.839 bits per heavy atom. The molecule has 3 aromatic carbocycles. The molecule has 0 aliphatic rings. The van der Waals surface area contributed by atoms with Gasteiger partial charge < -0.3 is 9.55 Å². The first kappa shape index (κ1) is 19.7. The van der Waals surface area contributed by atoms with Crippen LogP contribution in [-0.2, 0) is 0 Å². The van der Waals surface area contributed by atoms with Crippen LogP contribution >= 0.6 is 0 Å². The molecule has 0 fully saturated rings. The molecule has 31 heavy (non-hydrogen) atoms. The Hall–Kier alpha value is -3.26. The van der Waals surface area contributed by atoms with Gasteiger partial charge >= 0.3 is 0 Å². The number of aromatic amines is 1. The first-order valence-electron chi connectivity index (χ1n) is 11.2. The molecular weight excluding hydrogens is 376 g/mol. The normalized spacial score (nSPS) is 12.8. The second-order valence-corrected chi connectivity index (χ2v) is 9.08. The number of nitrogens with zero attached hydrogens (tertiary/aromatic N) is 1. The summed E-state index contributed by atoms with van der Waals surface area (Å²) in [6.45, 7) is 11.3. The summed E-state index contributed by atoms with van der Waals surface area (Å²) in [6, 6.07) is 24.7. The minimum absolute atomic E-state index is 0.158. The van der Waals surface area contributed by atoms with Crippen molar-refractivity contribution in [1.82, 2.24) is 9.55 Å². The van der Waals surface area contributed by atoms with Crippen molar-refractivity contribution in [2.24, 2.45) is 0 Å². The predicted molar refractivity (Wildman–Crippen MR) is 132 cm³/mol. The maximum atomic E-state index is 3.53. The molecule has 0 saturated heterocycles. The van der Waals surface area contributed by atoms with E-state index in [4.69, 9.17) is 0 Å². The highest BCUT2D eigenvalue weighted by molar-refractivity contribution is 5.90. The van der Waals surface area contributed by atoms with E-state index in [1.165, 1.54) is 55.3 Å². The van der Waals surface area contributed by atoms with E-state index in [2.05, 4.69) is 117 Å². The van der Waals surface area contributed by atoms with Gasteiger partial charge in [-0.3, -0.25) is 0 Å². The molecule has 2 aromatic heterocycles. The SMILES string of the molecule is Cc1cccc([C@H](c2c[nH]c3ccccc23)c2c(C)c3c(C)cccc3n2C(C)C)c1. The van der Waals surface area contributed by atoms with Gasteiger partial charge in [-0.15, -0.1) is 0 Å². The average molecular weight is 407 g/mol. The van der Waals surface area contributed by atoms with E-state index in [0.717, 1.165) is 0 Å². The highest BCUT2D eigenvalue weighted by Gasteiger charge is 2.28. The zero-order valence-corrected chi connectivity index (χ0v) is 19.0. The lowest BCUT2D eigenvalue weighted by molar-refractivity contribution is 0.588. The molecule has 0 aliphatic carbocycles. The van der Waals surface area contributed by atoms with Crippen LogP contribution in [0.15, 0.2) is 72.9 Å². The monoisotopic (exact) mass is 406 g/mol. The molecule has 2 nitrogen and oxygen atoms in total. The second kappa shape index (κ2) is 7.46. The van der Waals surface area contributed by atoms with E-state index >= 15 is 0 Å². The van der Waals surface area contributed by atoms with E-state index in [1.54, 1.807) is 0 Å². The third-order valence-corrected chi connectivity index (χ3v) is 6.63. The van der Waals surface area contributed by atoms with Gasteiger partial charge in [-0.05, 0) is 69.0 Å². The van der Waals surface area contributed by atoms with Crippen molar-refractivity contribution in [3.63, 3.8) is 0 Å². The molecule has 2 heteroatoms. The fourth-order valence-electron chi connectivity index (χ4n) is 5.36. The smallest absolute Gasteiger partial charge is 0.0517 e. The summed E-state index contributed by atoms with van der Waals surface area (Å²) in [4.78, 5) is 3.53. The van der Waals surface area contributed by atoms with Gasteiger partial charge in [0.2, 0.25) is 0 Å². The molecule has 0 amide bonds. The molecule has 1 atom stereocenters. The summed E-state index contributed by atoms with van der Waals surface area (Å²) in [7, 11) is 0. The van der Waals surface area contributed by atoms with Crippen LogP contribution in [0.2, 0.25) is 0 Å². The number of H-pyrrole nitrogens is 1. The number of aryl methyl sites for hydroxylation is 3. The molecule has 0 unspecified atom stereocenters. The van der Waals surface area contributed by atoms with E-state index in [1.807, 2.05) is 0 Å². The number of aromatic nitrogens is 2. The number of hydrogen-bond acceptors (Lipinski definition) is 0. The minimum Gasteiger partial charge on any atom is -0.361 e. The fourth-order valence-corrected chi connectivity index (χ4v) is 5.36. The van der Waals surface area contributed by atoms with Gasteiger partial charge in [0.1, 0.15) is 0 Å². The van der Waals surface area contributed by atoms with Crippen LogP contribution in [0.3, 0.4) is 0 Å². The summed E-state index contributed by atoms with van der Waals surface area (Å²) in [5, 5.41) is 2.69. The van der Waals surface area contributed by atoms with E-state index in [9.17, 15) is 0 Å². The Bertz CT molecular complexity index is 1400. The van der Waals surface area contributed by atoms with Crippen molar-refractivity contribution in [2.75, 3.05) is 0 Å². The summed E-state index contributed by atoms with van der Waals surface area (Å²) in [5.74, 6) is 0.158. The molecule has 5 aromatic rings. The lowest BCUT2D eigenvalue weighted by atomic mass is 9.85. The molecule has 0 spiro atoms. The summed E-state index contributed by atoms with van der Waals surface area (Å²) >= 11 is 0. The molecule has 2 heterocycles. The number of para-hydroxylation sites is 1. The van der Waals surface area contributed by atoms with Crippen molar-refractivity contribution in [3.8, 4) is 0 Å². The Balaban J connectivity index is 1.91. The molecule has 0 bridgehead atoms. The highest BCUT2D eigenvalue weighted by Crippen LogP contribution is 2.43. The van der Waals surface area contributed by atoms with Crippen LogP contribution in [0.4, 0.5) is 0 Å². The summed E-state index contributed by atoms with van der Waals surface area (Å²) in [5.41, 5.74) is 10.6. The molecule has 1 N–H and O–H groups in total. The lowest BCUT2D eigenvalue weighted by Crippen LogP contribution is -2.13. The maximum Gasteiger partial charge on any atom is 0.0517 e. The summed E-state index contributed by atoms with van der Waals surface area (Å²) in [6.07, 6.45) is 2.21. The van der Waals surface area contributed by atoms with Gasteiger partial charge in [0.05, 0.1) is 5.92 Å². The average Bonchev–Trinajstić information content (AvgIpc) is 3.29. The largest absolute Gasteiger partial charge is 0.361 e. The predicted octanol–water partition coefficient (Wildman–Crippen LogP) is 7.81. The van der Waals surface area contributed by atoms with Gasteiger partial charge in [-0.25, -0.2) is 0 Å². The Morgan fingerprint density at radius 2 is 1.61 bits per heavy atom. The topological polar surface area (TPSA) is 20.7 Å². The lowest BCUT2D eigenvalue weighted by Gasteiger charge is -2.24. The van der Waals surface area contributed by atoms with E-state index < -0.39 is 0 Å².